The topological polar surface area (TPSA) is 47.6 Å². The fourth-order valence-corrected chi connectivity index (χ4v) is 2.93. The summed E-state index contributed by atoms with van der Waals surface area (Å²) < 4.78 is 5.37. The number of nitrogens with two attached hydrogens (primary N) is 1. The molecule has 2 aromatic carbocycles. The van der Waals surface area contributed by atoms with E-state index in [2.05, 4.69) is 64.7 Å². The van der Waals surface area contributed by atoms with Crippen molar-refractivity contribution in [3.8, 4) is 11.5 Å². The Balaban J connectivity index is 0.000000195. The fourth-order valence-electron chi connectivity index (χ4n) is 2.93. The van der Waals surface area contributed by atoms with Crippen molar-refractivity contribution < 1.29 is 4.74 Å². The van der Waals surface area contributed by atoms with Crippen LogP contribution in [-0.2, 0) is 11.8 Å². The van der Waals surface area contributed by atoms with E-state index in [0.717, 1.165) is 36.7 Å². The number of fused-ring (bicyclic) bond motifs is 2. The maximum Gasteiger partial charge on any atom is 0.134 e. The van der Waals surface area contributed by atoms with Gasteiger partial charge in [0.15, 0.2) is 0 Å². The summed E-state index contributed by atoms with van der Waals surface area (Å²) in [5.41, 5.74) is 11.3. The van der Waals surface area contributed by atoms with Gasteiger partial charge in [-0.15, -0.1) is 0 Å². The van der Waals surface area contributed by atoms with Crippen LogP contribution in [-0.4, -0.2) is 12.4 Å². The van der Waals surface area contributed by atoms with Crippen LogP contribution in [0.2, 0.25) is 0 Å². The van der Waals surface area contributed by atoms with Gasteiger partial charge in [0.25, 0.3) is 0 Å². The molecule has 2 aliphatic rings. The second-order valence-corrected chi connectivity index (χ2v) is 7.95. The molecule has 4 rings (SSSR count). The Hall–Kier alpha value is -2.29. The smallest absolute Gasteiger partial charge is 0.134 e. The van der Waals surface area contributed by atoms with Gasteiger partial charge in [-0.25, -0.2) is 0 Å². The van der Waals surface area contributed by atoms with Crippen molar-refractivity contribution in [3.05, 3.63) is 58.7 Å². The van der Waals surface area contributed by atoms with E-state index >= 15 is 0 Å². The van der Waals surface area contributed by atoms with Gasteiger partial charge in [-0.3, -0.25) is 4.99 Å². The number of amidine groups is 1. The summed E-state index contributed by atoms with van der Waals surface area (Å²) in [4.78, 5) is 4.28. The van der Waals surface area contributed by atoms with Crippen LogP contribution >= 0.6 is 0 Å². The normalized spacial score (nSPS) is 12.6. The van der Waals surface area contributed by atoms with Gasteiger partial charge in [0, 0.05) is 18.5 Å². The Kier molecular flexibility index (Phi) is 6.47. The first-order valence-corrected chi connectivity index (χ1v) is 9.38. The van der Waals surface area contributed by atoms with Crippen LogP contribution in [0.5, 0.6) is 11.5 Å². The van der Waals surface area contributed by atoms with E-state index in [9.17, 15) is 0 Å². The first kappa shape index (κ1) is 20.0. The van der Waals surface area contributed by atoms with E-state index in [-0.39, 0.29) is 5.41 Å². The van der Waals surface area contributed by atoms with E-state index in [1.807, 2.05) is 18.2 Å². The van der Waals surface area contributed by atoms with E-state index in [0.29, 0.717) is 0 Å². The predicted octanol–water partition coefficient (Wildman–Crippen LogP) is 5.70. The average Bonchev–Trinajstić information content (AvgIpc) is 2.56. The largest absolute Gasteiger partial charge is 0.456 e. The zero-order chi connectivity index (χ0) is 19.3. The number of hydrogen-bond acceptors (Lipinski definition) is 2. The molecule has 26 heavy (non-hydrogen) atoms. The monoisotopic (exact) mass is 352 g/mol. The van der Waals surface area contributed by atoms with Crippen LogP contribution in [0.15, 0.2) is 41.4 Å². The summed E-state index contributed by atoms with van der Waals surface area (Å²) in [6.07, 6.45) is 1.81. The number of benzene rings is 2. The van der Waals surface area contributed by atoms with Gasteiger partial charge in [0.1, 0.15) is 11.5 Å². The van der Waals surface area contributed by atoms with Crippen LogP contribution in [0.25, 0.3) is 0 Å². The Labute approximate surface area is 158 Å². The molecule has 0 fully saturated rings. The summed E-state index contributed by atoms with van der Waals surface area (Å²) in [7, 11) is 0. The molecule has 2 aromatic rings. The molecular formula is C23H32N2O. The lowest BCUT2D eigenvalue weighted by Gasteiger charge is -2.32. The molecule has 0 spiro atoms. The maximum atomic E-state index is 5.83. The van der Waals surface area contributed by atoms with Crippen LogP contribution in [0.3, 0.4) is 0 Å². The number of ether oxygens (including phenoxy) is 1. The van der Waals surface area contributed by atoms with Gasteiger partial charge in [-0.2, -0.15) is 0 Å². The van der Waals surface area contributed by atoms with Crippen molar-refractivity contribution in [2.24, 2.45) is 10.7 Å². The lowest BCUT2D eigenvalue weighted by atomic mass is 9.83. The molecule has 0 unspecified atom stereocenters. The lowest BCUT2D eigenvalue weighted by molar-refractivity contribution is 0.380. The van der Waals surface area contributed by atoms with Gasteiger partial charge in [0.05, 0.1) is 5.84 Å². The Morgan fingerprint density at radius 1 is 1.04 bits per heavy atom. The fraction of sp³-hybridized carbons (Fsp3) is 0.435. The molecule has 0 saturated carbocycles. The molecule has 2 aliphatic heterocycles. The van der Waals surface area contributed by atoms with Gasteiger partial charge in [-0.1, -0.05) is 52.0 Å². The molecule has 3 nitrogen and oxygen atoms in total. The highest BCUT2D eigenvalue weighted by atomic mass is 16.5. The number of rotatable bonds is 4. The molecule has 3 heteroatoms. The average molecular weight is 353 g/mol. The summed E-state index contributed by atoms with van der Waals surface area (Å²) in [5, 5.41) is 0. The zero-order valence-electron chi connectivity index (χ0n) is 17.0. The first-order valence-electron chi connectivity index (χ1n) is 9.38. The number of aryl methyl sites for hydroxylation is 2. The molecule has 0 aromatic heterocycles. The van der Waals surface area contributed by atoms with Gasteiger partial charge >= 0.3 is 0 Å². The van der Waals surface area contributed by atoms with E-state index in [4.69, 9.17) is 10.5 Å². The summed E-state index contributed by atoms with van der Waals surface area (Å²) in [6.45, 7) is 13.8. The summed E-state index contributed by atoms with van der Waals surface area (Å²) >= 11 is 0. The van der Waals surface area contributed by atoms with Crippen LogP contribution in [0.4, 0.5) is 0 Å². The van der Waals surface area contributed by atoms with E-state index < -0.39 is 0 Å². The first-order chi connectivity index (χ1) is 12.2. The van der Waals surface area contributed by atoms with Crippen molar-refractivity contribution in [1.29, 1.82) is 0 Å². The Bertz CT molecular complexity index is 765. The molecule has 0 aliphatic carbocycles. The predicted molar refractivity (Wildman–Crippen MR) is 112 cm³/mol. The van der Waals surface area contributed by atoms with Crippen LogP contribution < -0.4 is 10.5 Å². The van der Waals surface area contributed by atoms with Gasteiger partial charge in [0.2, 0.25) is 0 Å². The second-order valence-electron chi connectivity index (χ2n) is 7.95. The third-order valence-electron chi connectivity index (χ3n) is 4.45. The molecule has 140 valence electrons. The summed E-state index contributed by atoms with van der Waals surface area (Å²) in [6, 6.07) is 12.5. The van der Waals surface area contributed by atoms with Crippen molar-refractivity contribution >= 4 is 5.84 Å². The molecule has 0 atom stereocenters. The van der Waals surface area contributed by atoms with E-state index in [1.165, 1.54) is 22.3 Å². The van der Waals surface area contributed by atoms with Crippen molar-refractivity contribution in [3.63, 3.8) is 0 Å². The maximum absolute atomic E-state index is 5.83. The Morgan fingerprint density at radius 3 is 2.15 bits per heavy atom. The lowest BCUT2D eigenvalue weighted by Crippen LogP contribution is -2.19. The minimum Gasteiger partial charge on any atom is -0.456 e. The van der Waals surface area contributed by atoms with Crippen molar-refractivity contribution in [1.82, 2.24) is 0 Å². The van der Waals surface area contributed by atoms with Crippen molar-refractivity contribution in [2.75, 3.05) is 6.54 Å². The SMILES string of the molecule is CC(C)(C)c1c2cccc1O2.CCCN=C(N)Cc1ccc(C)c(C)c1. The summed E-state index contributed by atoms with van der Waals surface area (Å²) in [5.74, 6) is 2.84. The Morgan fingerprint density at radius 2 is 1.69 bits per heavy atom. The zero-order valence-corrected chi connectivity index (χ0v) is 17.0. The third kappa shape index (κ3) is 5.10. The molecule has 0 amide bonds. The second kappa shape index (κ2) is 8.39. The standard InChI is InChI=1S/C13H20N2.C10H12O/c1-4-7-15-13(14)9-12-6-5-10(2)11(3)8-12;1-10(2,3)9-7-5-4-6-8(9)11-7/h5-6,8H,4,7,9H2,1-3H3,(H2,14,15);4-6H,1-3H3. The number of aliphatic imine (C=N–C) groups is 1. The van der Waals surface area contributed by atoms with Gasteiger partial charge in [-0.05, 0) is 54.5 Å². The van der Waals surface area contributed by atoms with Gasteiger partial charge < -0.3 is 10.5 Å². The highest BCUT2D eigenvalue weighted by molar-refractivity contribution is 5.82. The van der Waals surface area contributed by atoms with E-state index in [1.54, 1.807) is 0 Å². The minimum absolute atomic E-state index is 0.226. The molecular weight excluding hydrogens is 320 g/mol. The number of hydrogen-bond donors (Lipinski definition) is 1. The van der Waals surface area contributed by atoms with Crippen molar-refractivity contribution in [2.45, 2.75) is 59.8 Å². The molecule has 2 N–H and O–H groups in total. The molecule has 2 heterocycles. The number of nitrogens with zero attached hydrogens (tertiary/aromatic N) is 1. The molecule has 0 radical (unpaired) electrons. The van der Waals surface area contributed by atoms with Crippen LogP contribution in [0.1, 0.15) is 56.4 Å². The quantitative estimate of drug-likeness (QED) is 0.483. The highest BCUT2D eigenvalue weighted by Crippen LogP contribution is 2.48. The van der Waals surface area contributed by atoms with Crippen LogP contribution in [0, 0.1) is 13.8 Å². The highest BCUT2D eigenvalue weighted by Gasteiger charge is 2.30. The minimum atomic E-state index is 0.226. The third-order valence-corrected chi connectivity index (χ3v) is 4.45. The molecule has 2 bridgehead atoms. The molecule has 0 saturated heterocycles.